The normalized spacial score (nSPS) is 25.6. The summed E-state index contributed by atoms with van der Waals surface area (Å²) in [5, 5.41) is 6.23. The molecule has 6 rings (SSSR count). The van der Waals surface area contributed by atoms with E-state index in [0.717, 1.165) is 48.3 Å². The molecule has 2 aromatic rings. The van der Waals surface area contributed by atoms with Gasteiger partial charge in [0.2, 0.25) is 5.91 Å². The van der Waals surface area contributed by atoms with Gasteiger partial charge in [0.25, 0.3) is 5.91 Å². The summed E-state index contributed by atoms with van der Waals surface area (Å²) in [7, 11) is 0. The van der Waals surface area contributed by atoms with Crippen LogP contribution in [0.2, 0.25) is 0 Å². The van der Waals surface area contributed by atoms with E-state index < -0.39 is 5.97 Å². The fourth-order valence-electron chi connectivity index (χ4n) is 7.01. The Labute approximate surface area is 223 Å². The lowest BCUT2D eigenvalue weighted by atomic mass is 9.53. The minimum Gasteiger partial charge on any atom is -0.452 e. The lowest BCUT2D eigenvalue weighted by Crippen LogP contribution is -2.60. The predicted molar refractivity (Wildman–Crippen MR) is 146 cm³/mol. The molecular weight excluding hydrogens is 484 g/mol. The third-order valence-corrected chi connectivity index (χ3v) is 9.17. The molecule has 2 amide bonds. The van der Waals surface area contributed by atoms with Crippen molar-refractivity contribution in [2.45, 2.75) is 68.7 Å². The molecule has 0 unspecified atom stereocenters. The molecule has 4 saturated carbocycles. The molecular formula is C30H36N2O4S. The standard InChI is InChI=1S/C30H36N2O4S/c1-19(2)23-7-3-5-9-25(23)31-27(33)17-36-29(35)24-8-4-6-10-26(24)37-18-28(34)32-30-14-20-11-21(15-30)13-22(12-20)16-30/h3-10,19-22H,11-18H2,1-2H3,(H,31,33)(H,32,34). The van der Waals surface area contributed by atoms with E-state index in [9.17, 15) is 14.4 Å². The van der Waals surface area contributed by atoms with Gasteiger partial charge in [-0.25, -0.2) is 4.79 Å². The molecule has 0 spiro atoms. The number of carbonyl (C=O) groups excluding carboxylic acids is 3. The monoisotopic (exact) mass is 520 g/mol. The number of anilines is 1. The molecule has 4 aliphatic carbocycles. The number of carbonyl (C=O) groups is 3. The Kier molecular flexibility index (Phi) is 7.61. The molecule has 2 aromatic carbocycles. The maximum Gasteiger partial charge on any atom is 0.339 e. The minimum atomic E-state index is -0.572. The van der Waals surface area contributed by atoms with Crippen LogP contribution in [-0.4, -0.2) is 35.7 Å². The van der Waals surface area contributed by atoms with Crippen LogP contribution < -0.4 is 10.6 Å². The topological polar surface area (TPSA) is 84.5 Å². The summed E-state index contributed by atoms with van der Waals surface area (Å²) in [5.41, 5.74) is 2.09. The summed E-state index contributed by atoms with van der Waals surface area (Å²) >= 11 is 1.34. The highest BCUT2D eigenvalue weighted by molar-refractivity contribution is 8.00. The van der Waals surface area contributed by atoms with Crippen molar-refractivity contribution >= 4 is 35.2 Å². The van der Waals surface area contributed by atoms with Crippen LogP contribution in [0.25, 0.3) is 0 Å². The van der Waals surface area contributed by atoms with Crippen molar-refractivity contribution < 1.29 is 19.1 Å². The van der Waals surface area contributed by atoms with Crippen LogP contribution in [0.1, 0.15) is 74.2 Å². The molecule has 4 bridgehead atoms. The smallest absolute Gasteiger partial charge is 0.339 e. The number of thioether (sulfide) groups is 1. The highest BCUT2D eigenvalue weighted by Crippen LogP contribution is 2.55. The molecule has 0 saturated heterocycles. The first-order valence-electron chi connectivity index (χ1n) is 13.4. The van der Waals surface area contributed by atoms with E-state index in [1.54, 1.807) is 12.1 Å². The number of ether oxygens (including phenoxy) is 1. The van der Waals surface area contributed by atoms with Gasteiger partial charge in [-0.05, 0) is 86.0 Å². The van der Waals surface area contributed by atoms with Gasteiger partial charge >= 0.3 is 5.97 Å². The maximum atomic E-state index is 12.9. The second kappa shape index (κ2) is 10.9. The highest BCUT2D eigenvalue weighted by atomic mass is 32.2. The van der Waals surface area contributed by atoms with Crippen LogP contribution in [-0.2, 0) is 14.3 Å². The van der Waals surface area contributed by atoms with Crippen LogP contribution in [0.3, 0.4) is 0 Å². The number of hydrogen-bond donors (Lipinski definition) is 2. The summed E-state index contributed by atoms with van der Waals surface area (Å²) < 4.78 is 5.34. The molecule has 0 atom stereocenters. The van der Waals surface area contributed by atoms with Crippen LogP contribution in [0.15, 0.2) is 53.4 Å². The second-order valence-corrected chi connectivity index (χ2v) is 12.4. The molecule has 4 aliphatic rings. The Morgan fingerprint density at radius 3 is 2.22 bits per heavy atom. The number of amides is 2. The number of para-hydroxylation sites is 1. The van der Waals surface area contributed by atoms with Crippen LogP contribution in [0, 0.1) is 17.8 Å². The Hall–Kier alpha value is -2.80. The summed E-state index contributed by atoms with van der Waals surface area (Å²) in [5.74, 6) is 1.88. The SMILES string of the molecule is CC(C)c1ccccc1NC(=O)COC(=O)c1ccccc1SCC(=O)NC12CC3CC(CC(C3)C1)C2. The first kappa shape index (κ1) is 25.8. The molecule has 37 heavy (non-hydrogen) atoms. The van der Waals surface area contributed by atoms with Gasteiger partial charge in [0.15, 0.2) is 6.61 Å². The van der Waals surface area contributed by atoms with E-state index >= 15 is 0 Å². The Bertz CT molecular complexity index is 1140. The maximum absolute atomic E-state index is 12.9. The zero-order chi connectivity index (χ0) is 26.0. The van der Waals surface area contributed by atoms with Gasteiger partial charge in [0.05, 0.1) is 11.3 Å². The van der Waals surface area contributed by atoms with Crippen molar-refractivity contribution in [3.8, 4) is 0 Å². The van der Waals surface area contributed by atoms with Gasteiger partial charge in [-0.3, -0.25) is 9.59 Å². The minimum absolute atomic E-state index is 0.0214. The van der Waals surface area contributed by atoms with E-state index in [2.05, 4.69) is 24.5 Å². The molecule has 0 aromatic heterocycles. The van der Waals surface area contributed by atoms with Crippen molar-refractivity contribution in [1.29, 1.82) is 0 Å². The average molecular weight is 521 g/mol. The summed E-state index contributed by atoms with van der Waals surface area (Å²) in [6, 6.07) is 14.7. The summed E-state index contributed by atoms with van der Waals surface area (Å²) in [6.45, 7) is 3.74. The largest absolute Gasteiger partial charge is 0.452 e. The van der Waals surface area contributed by atoms with E-state index in [1.807, 2.05) is 36.4 Å². The van der Waals surface area contributed by atoms with Crippen LogP contribution in [0.5, 0.6) is 0 Å². The number of hydrogen-bond acceptors (Lipinski definition) is 5. The van der Waals surface area contributed by atoms with Gasteiger partial charge in [-0.15, -0.1) is 11.8 Å². The van der Waals surface area contributed by atoms with E-state index in [1.165, 1.54) is 31.0 Å². The predicted octanol–water partition coefficient (Wildman–Crippen LogP) is 5.78. The zero-order valence-electron chi connectivity index (χ0n) is 21.6. The quantitative estimate of drug-likeness (QED) is 0.323. The summed E-state index contributed by atoms with van der Waals surface area (Å²) in [4.78, 5) is 38.9. The van der Waals surface area contributed by atoms with Crippen molar-refractivity contribution in [3.63, 3.8) is 0 Å². The molecule has 0 heterocycles. The fraction of sp³-hybridized carbons (Fsp3) is 0.500. The zero-order valence-corrected chi connectivity index (χ0v) is 22.4. The molecule has 2 N–H and O–H groups in total. The first-order chi connectivity index (χ1) is 17.8. The molecule has 0 radical (unpaired) electrons. The molecule has 7 heteroatoms. The van der Waals surface area contributed by atoms with E-state index in [4.69, 9.17) is 4.74 Å². The van der Waals surface area contributed by atoms with Gasteiger partial charge in [0.1, 0.15) is 0 Å². The second-order valence-electron chi connectivity index (χ2n) is 11.4. The van der Waals surface area contributed by atoms with Gasteiger partial charge in [-0.2, -0.15) is 0 Å². The van der Waals surface area contributed by atoms with Crippen molar-refractivity contribution in [1.82, 2.24) is 5.32 Å². The Balaban J connectivity index is 1.14. The third-order valence-electron chi connectivity index (χ3n) is 8.10. The van der Waals surface area contributed by atoms with Crippen molar-refractivity contribution in [2.75, 3.05) is 17.7 Å². The molecule has 196 valence electrons. The lowest BCUT2D eigenvalue weighted by Gasteiger charge is -2.56. The Morgan fingerprint density at radius 1 is 0.919 bits per heavy atom. The van der Waals surface area contributed by atoms with E-state index in [-0.39, 0.29) is 35.6 Å². The molecule has 6 nitrogen and oxygen atoms in total. The first-order valence-corrected chi connectivity index (χ1v) is 14.4. The Morgan fingerprint density at radius 2 is 1.54 bits per heavy atom. The summed E-state index contributed by atoms with van der Waals surface area (Å²) in [6.07, 6.45) is 7.34. The molecule has 4 fully saturated rings. The number of esters is 1. The number of nitrogens with one attached hydrogen (secondary N) is 2. The molecule has 0 aliphatic heterocycles. The van der Waals surface area contributed by atoms with Gasteiger partial charge < -0.3 is 15.4 Å². The number of rotatable bonds is 9. The highest BCUT2D eigenvalue weighted by Gasteiger charge is 2.51. The van der Waals surface area contributed by atoms with E-state index in [0.29, 0.717) is 10.5 Å². The van der Waals surface area contributed by atoms with Crippen molar-refractivity contribution in [3.05, 3.63) is 59.7 Å². The third kappa shape index (κ3) is 6.03. The van der Waals surface area contributed by atoms with Crippen LogP contribution >= 0.6 is 11.8 Å². The lowest BCUT2D eigenvalue weighted by molar-refractivity contribution is -0.124. The average Bonchev–Trinajstić information content (AvgIpc) is 2.85. The van der Waals surface area contributed by atoms with Gasteiger partial charge in [-0.1, -0.05) is 44.2 Å². The fourth-order valence-corrected chi connectivity index (χ4v) is 7.85. The van der Waals surface area contributed by atoms with Gasteiger partial charge in [0, 0.05) is 16.1 Å². The van der Waals surface area contributed by atoms with Crippen LogP contribution in [0.4, 0.5) is 5.69 Å². The van der Waals surface area contributed by atoms with Crippen molar-refractivity contribution in [2.24, 2.45) is 17.8 Å². The number of benzene rings is 2.